The monoisotopic (exact) mass is 351 g/mol. The van der Waals surface area contributed by atoms with Crippen molar-refractivity contribution in [3.8, 4) is 11.1 Å². The first-order valence-corrected chi connectivity index (χ1v) is 9.14. The van der Waals surface area contributed by atoms with Crippen LogP contribution in [0.25, 0.3) is 11.1 Å². The Hall–Kier alpha value is -2.69. The Labute approximate surface area is 154 Å². The predicted molar refractivity (Wildman–Crippen MR) is 103 cm³/mol. The largest absolute Gasteiger partial charge is 0.462 e. The second-order valence-electron chi connectivity index (χ2n) is 6.62. The zero-order chi connectivity index (χ0) is 18.5. The number of carbonyl (C=O) groups is 1. The van der Waals surface area contributed by atoms with Crippen LogP contribution in [0.2, 0.25) is 0 Å². The Balaban J connectivity index is 2.03. The van der Waals surface area contributed by atoms with Gasteiger partial charge in [-0.25, -0.2) is 4.79 Å². The van der Waals surface area contributed by atoms with Gasteiger partial charge in [0.2, 0.25) is 0 Å². The summed E-state index contributed by atoms with van der Waals surface area (Å²) in [6.07, 6.45) is 2.31. The average molecular weight is 351 g/mol. The van der Waals surface area contributed by atoms with E-state index in [0.717, 1.165) is 48.3 Å². The molecule has 1 saturated heterocycles. The van der Waals surface area contributed by atoms with E-state index in [1.807, 2.05) is 24.1 Å². The van der Waals surface area contributed by atoms with Crippen LogP contribution in [0.4, 0.5) is 5.69 Å². The molecule has 0 spiro atoms. The molecule has 1 aliphatic heterocycles. The van der Waals surface area contributed by atoms with Gasteiger partial charge >= 0.3 is 5.97 Å². The fourth-order valence-electron chi connectivity index (χ4n) is 3.20. The number of nitrogens with zero attached hydrogens (tertiary/aromatic N) is 3. The average Bonchev–Trinajstić information content (AvgIpc) is 3.14. The van der Waals surface area contributed by atoms with Gasteiger partial charge in [-0.05, 0) is 62.9 Å². The van der Waals surface area contributed by atoms with Crippen LogP contribution in [0.3, 0.4) is 0 Å². The third-order valence-electron chi connectivity index (χ3n) is 4.54. The summed E-state index contributed by atoms with van der Waals surface area (Å²) in [6, 6.07) is 11.7. The lowest BCUT2D eigenvalue weighted by atomic mass is 9.96. The number of carbonyl (C=O) groups excluding carboxylic acids is 1. The van der Waals surface area contributed by atoms with E-state index in [1.165, 1.54) is 5.56 Å². The molecule has 0 aromatic heterocycles. The molecule has 0 saturated carbocycles. The first-order valence-electron chi connectivity index (χ1n) is 9.14. The molecule has 3 rings (SSSR count). The summed E-state index contributed by atoms with van der Waals surface area (Å²) < 4.78 is 5.15. The smallest absolute Gasteiger partial charge is 0.338 e. The molecule has 1 heterocycles. The van der Waals surface area contributed by atoms with Crippen molar-refractivity contribution in [3.63, 3.8) is 0 Å². The number of esters is 1. The van der Waals surface area contributed by atoms with Gasteiger partial charge in [0, 0.05) is 18.7 Å². The molecule has 1 fully saturated rings. The molecule has 0 radical (unpaired) electrons. The van der Waals surface area contributed by atoms with Gasteiger partial charge in [-0.15, -0.1) is 5.11 Å². The minimum absolute atomic E-state index is 0.318. The van der Waals surface area contributed by atoms with Crippen LogP contribution in [-0.2, 0) is 4.74 Å². The second-order valence-corrected chi connectivity index (χ2v) is 6.62. The van der Waals surface area contributed by atoms with Gasteiger partial charge < -0.3 is 4.74 Å². The molecule has 5 heteroatoms. The summed E-state index contributed by atoms with van der Waals surface area (Å²) in [5, 5.41) is 10.8. The normalized spacial score (nSPS) is 14.2. The standard InChI is InChI=1S/C21H25N3O2/c1-4-26-21(25)17-8-10-20(22-23-24-11-5-6-12-24)19(14-17)18-9-7-15(2)13-16(18)3/h7-10,13-14H,4-6,11-12H2,1-3H3. The van der Waals surface area contributed by atoms with Crippen molar-refractivity contribution in [2.45, 2.75) is 33.6 Å². The third kappa shape index (κ3) is 4.10. The highest BCUT2D eigenvalue weighted by Crippen LogP contribution is 2.34. The number of hydrogen-bond acceptors (Lipinski definition) is 4. The molecule has 5 nitrogen and oxygen atoms in total. The maximum Gasteiger partial charge on any atom is 0.338 e. The maximum absolute atomic E-state index is 12.2. The van der Waals surface area contributed by atoms with E-state index in [-0.39, 0.29) is 5.97 Å². The van der Waals surface area contributed by atoms with E-state index in [4.69, 9.17) is 4.74 Å². The Bertz CT molecular complexity index is 824. The summed E-state index contributed by atoms with van der Waals surface area (Å²) >= 11 is 0. The highest BCUT2D eigenvalue weighted by molar-refractivity contribution is 5.93. The number of aryl methyl sites for hydroxylation is 2. The third-order valence-corrected chi connectivity index (χ3v) is 4.54. The van der Waals surface area contributed by atoms with Gasteiger partial charge in [0.25, 0.3) is 0 Å². The molecule has 0 N–H and O–H groups in total. The molecule has 2 aromatic carbocycles. The molecular formula is C21H25N3O2. The zero-order valence-corrected chi connectivity index (χ0v) is 15.7. The minimum atomic E-state index is -0.318. The Morgan fingerprint density at radius 3 is 2.54 bits per heavy atom. The van der Waals surface area contributed by atoms with Crippen molar-refractivity contribution in [2.24, 2.45) is 10.3 Å². The van der Waals surface area contributed by atoms with Gasteiger partial charge in [-0.1, -0.05) is 29.0 Å². The van der Waals surface area contributed by atoms with Crippen molar-refractivity contribution in [1.29, 1.82) is 0 Å². The SMILES string of the molecule is CCOC(=O)c1ccc(N=NN2CCCC2)c(-c2ccc(C)cc2C)c1. The second kappa shape index (κ2) is 8.13. The molecule has 0 amide bonds. The summed E-state index contributed by atoms with van der Waals surface area (Å²) in [7, 11) is 0. The lowest BCUT2D eigenvalue weighted by Gasteiger charge is -2.13. The number of ether oxygens (including phenoxy) is 1. The highest BCUT2D eigenvalue weighted by Gasteiger charge is 2.15. The number of rotatable bonds is 5. The zero-order valence-electron chi connectivity index (χ0n) is 15.7. The lowest BCUT2D eigenvalue weighted by Crippen LogP contribution is -2.09. The fraction of sp³-hybridized carbons (Fsp3) is 0.381. The van der Waals surface area contributed by atoms with Crippen LogP contribution in [0.15, 0.2) is 46.7 Å². The maximum atomic E-state index is 12.2. The fourth-order valence-corrected chi connectivity index (χ4v) is 3.20. The number of hydrogen-bond donors (Lipinski definition) is 0. The molecule has 2 aromatic rings. The van der Waals surface area contributed by atoms with Crippen molar-refractivity contribution < 1.29 is 9.53 Å². The van der Waals surface area contributed by atoms with Crippen LogP contribution >= 0.6 is 0 Å². The van der Waals surface area contributed by atoms with Crippen molar-refractivity contribution >= 4 is 11.7 Å². The topological polar surface area (TPSA) is 54.3 Å². The van der Waals surface area contributed by atoms with Crippen LogP contribution < -0.4 is 0 Å². The van der Waals surface area contributed by atoms with Gasteiger partial charge in [0.1, 0.15) is 0 Å². The minimum Gasteiger partial charge on any atom is -0.462 e. The molecule has 0 aliphatic carbocycles. The molecular weight excluding hydrogens is 326 g/mol. The van der Waals surface area contributed by atoms with Gasteiger partial charge in [0.05, 0.1) is 17.9 Å². The predicted octanol–water partition coefficient (Wildman–Crippen LogP) is 5.24. The van der Waals surface area contributed by atoms with Crippen LogP contribution in [0, 0.1) is 13.8 Å². The van der Waals surface area contributed by atoms with E-state index < -0.39 is 0 Å². The summed E-state index contributed by atoms with van der Waals surface area (Å²) in [4.78, 5) is 12.2. The van der Waals surface area contributed by atoms with Gasteiger partial charge in [0.15, 0.2) is 0 Å². The van der Waals surface area contributed by atoms with Crippen LogP contribution in [-0.4, -0.2) is 30.7 Å². The summed E-state index contributed by atoms with van der Waals surface area (Å²) in [5.74, 6) is -0.318. The van der Waals surface area contributed by atoms with E-state index in [9.17, 15) is 4.79 Å². The Kier molecular flexibility index (Phi) is 5.66. The van der Waals surface area contributed by atoms with Gasteiger partial charge in [-0.2, -0.15) is 0 Å². The highest BCUT2D eigenvalue weighted by atomic mass is 16.5. The molecule has 1 aliphatic rings. The van der Waals surface area contributed by atoms with E-state index in [0.29, 0.717) is 12.2 Å². The van der Waals surface area contributed by atoms with E-state index in [1.54, 1.807) is 6.07 Å². The van der Waals surface area contributed by atoms with E-state index >= 15 is 0 Å². The Morgan fingerprint density at radius 2 is 1.85 bits per heavy atom. The van der Waals surface area contributed by atoms with Gasteiger partial charge in [-0.3, -0.25) is 5.01 Å². The van der Waals surface area contributed by atoms with Crippen molar-refractivity contribution in [2.75, 3.05) is 19.7 Å². The van der Waals surface area contributed by atoms with Crippen LogP contribution in [0.1, 0.15) is 41.3 Å². The Morgan fingerprint density at radius 1 is 1.08 bits per heavy atom. The molecule has 136 valence electrons. The lowest BCUT2D eigenvalue weighted by molar-refractivity contribution is 0.0526. The molecule has 0 atom stereocenters. The first kappa shape index (κ1) is 18.1. The first-order chi connectivity index (χ1) is 12.6. The van der Waals surface area contributed by atoms with Crippen molar-refractivity contribution in [1.82, 2.24) is 5.01 Å². The molecule has 0 bridgehead atoms. The number of benzene rings is 2. The van der Waals surface area contributed by atoms with Crippen LogP contribution in [0.5, 0.6) is 0 Å². The molecule has 0 unspecified atom stereocenters. The quantitative estimate of drug-likeness (QED) is 0.546. The summed E-state index contributed by atoms with van der Waals surface area (Å²) in [6.45, 7) is 8.20. The summed E-state index contributed by atoms with van der Waals surface area (Å²) in [5.41, 5.74) is 5.59. The molecule has 26 heavy (non-hydrogen) atoms. The van der Waals surface area contributed by atoms with Crippen molar-refractivity contribution in [3.05, 3.63) is 53.1 Å². The van der Waals surface area contributed by atoms with E-state index in [2.05, 4.69) is 42.4 Å².